The van der Waals surface area contributed by atoms with Crippen LogP contribution in [0.4, 0.5) is 11.4 Å². The molecule has 0 bridgehead atoms. The zero-order chi connectivity index (χ0) is 41.5. The quantitative estimate of drug-likeness (QED) is 0.111. The Morgan fingerprint density at radius 1 is 0.712 bits per heavy atom. The van der Waals surface area contributed by atoms with E-state index in [-0.39, 0.29) is 31.1 Å². The van der Waals surface area contributed by atoms with E-state index in [1.165, 1.54) is 5.57 Å². The van der Waals surface area contributed by atoms with Gasteiger partial charge >= 0.3 is 0 Å². The molecule has 2 aromatic carbocycles. The van der Waals surface area contributed by atoms with Gasteiger partial charge in [-0.3, -0.25) is 9.59 Å². The van der Waals surface area contributed by atoms with Crippen molar-refractivity contribution in [2.45, 2.75) is 45.4 Å². The molecule has 0 spiro atoms. The fraction of sp³-hybridized carbons (Fsp3) is 0.636. The van der Waals surface area contributed by atoms with Crippen molar-refractivity contribution < 1.29 is 52.6 Å². The van der Waals surface area contributed by atoms with Gasteiger partial charge in [0, 0.05) is 39.6 Å². The Kier molecular flexibility index (Phi) is 21.1. The van der Waals surface area contributed by atoms with Crippen LogP contribution in [0.1, 0.15) is 42.9 Å². The first-order valence-electron chi connectivity index (χ1n) is 21.2. The number of benzene rings is 2. The Hall–Kier alpha value is -3.48. The molecule has 0 radical (unpaired) electrons. The van der Waals surface area contributed by atoms with Gasteiger partial charge in [-0.05, 0) is 59.6 Å². The van der Waals surface area contributed by atoms with Gasteiger partial charge in [0.2, 0.25) is 11.8 Å². The minimum atomic E-state index is -0.0491. The van der Waals surface area contributed by atoms with Crippen molar-refractivity contribution in [3.63, 3.8) is 0 Å². The van der Waals surface area contributed by atoms with E-state index in [0.717, 1.165) is 53.9 Å². The number of carbonyl (C=O) groups is 2. The first-order chi connectivity index (χ1) is 29.0. The number of hydrogen-bond donors (Lipinski definition) is 2. The summed E-state index contributed by atoms with van der Waals surface area (Å²) in [6.07, 6.45) is 5.12. The van der Waals surface area contributed by atoms with E-state index < -0.39 is 0 Å². The Morgan fingerprint density at radius 3 is 1.75 bits per heavy atom. The fourth-order valence-electron chi connectivity index (χ4n) is 7.26. The number of fused-ring (bicyclic) bond motifs is 1. The third-order valence-electron chi connectivity index (χ3n) is 10.5. The molecule has 2 amide bonds. The predicted molar refractivity (Wildman–Crippen MR) is 224 cm³/mol. The highest BCUT2D eigenvalue weighted by atomic mass is 16.6. The highest BCUT2D eigenvalue weighted by Crippen LogP contribution is 2.45. The minimum Gasteiger partial charge on any atom is -0.392 e. The van der Waals surface area contributed by atoms with Crippen LogP contribution in [0.15, 0.2) is 48.5 Å². The van der Waals surface area contributed by atoms with Gasteiger partial charge in [0.05, 0.1) is 123 Å². The molecular formula is C44H66N4O11. The van der Waals surface area contributed by atoms with Crippen LogP contribution in [-0.2, 0) is 60.6 Å². The van der Waals surface area contributed by atoms with Crippen molar-refractivity contribution in [2.75, 3.05) is 142 Å². The van der Waals surface area contributed by atoms with Crippen molar-refractivity contribution in [2.24, 2.45) is 11.7 Å². The van der Waals surface area contributed by atoms with Gasteiger partial charge in [-0.2, -0.15) is 0 Å². The maximum absolute atomic E-state index is 13.0. The lowest BCUT2D eigenvalue weighted by Crippen LogP contribution is -2.52. The number of nitrogens with two attached hydrogens (primary N) is 1. The summed E-state index contributed by atoms with van der Waals surface area (Å²) < 4.78 is 43.8. The average molecular weight is 827 g/mol. The second-order valence-electron chi connectivity index (χ2n) is 14.8. The smallest absolute Gasteiger partial charge is 0.248 e. The van der Waals surface area contributed by atoms with E-state index in [2.05, 4.69) is 35.2 Å². The molecule has 1 aliphatic carbocycles. The van der Waals surface area contributed by atoms with E-state index in [4.69, 9.17) is 43.6 Å². The fourth-order valence-corrected chi connectivity index (χ4v) is 7.26. The van der Waals surface area contributed by atoms with Gasteiger partial charge in [0.25, 0.3) is 0 Å². The van der Waals surface area contributed by atoms with Gasteiger partial charge in [0.1, 0.15) is 6.61 Å². The molecule has 2 aromatic rings. The second kappa shape index (κ2) is 26.7. The molecule has 2 aliphatic heterocycles. The van der Waals surface area contributed by atoms with Crippen LogP contribution in [-0.4, -0.2) is 160 Å². The molecule has 15 nitrogen and oxygen atoms in total. The van der Waals surface area contributed by atoms with E-state index in [1.807, 2.05) is 28.0 Å². The van der Waals surface area contributed by atoms with Crippen molar-refractivity contribution >= 4 is 28.8 Å². The van der Waals surface area contributed by atoms with Crippen molar-refractivity contribution in [3.8, 4) is 0 Å². The number of nitrogens with zero attached hydrogens (tertiary/aromatic N) is 3. The number of hydrogen-bond acceptors (Lipinski definition) is 13. The Bertz CT molecular complexity index is 1570. The molecule has 1 saturated carbocycles. The first kappa shape index (κ1) is 46.6. The topological polar surface area (TPSA) is 164 Å². The standard InChI is InChI=1S/C44H66N4O11/c1-35(50)48-41-9-8-38(30-42(41)47(32-43(48)37-6-7-37)31-39-4-2-3-5-40(39)33-49)36-10-13-46(14-11-36)44(51)34-59-29-28-58-27-26-57-25-24-56-23-22-55-21-20-54-19-18-53-17-16-52-15-12-45/h2-5,8-10,30,37,43,49H,6-7,11-29,31-34,45H2,1H3/t43-/m1/s1. The number of aliphatic hydroxyl groups excluding tert-OH is 1. The molecule has 3 N–H and O–H groups in total. The lowest BCUT2D eigenvalue weighted by molar-refractivity contribution is -0.136. The minimum absolute atomic E-state index is 0.00466. The van der Waals surface area contributed by atoms with E-state index in [1.54, 1.807) is 6.92 Å². The van der Waals surface area contributed by atoms with Gasteiger partial charge < -0.3 is 63.4 Å². The zero-order valence-corrected chi connectivity index (χ0v) is 34.9. The van der Waals surface area contributed by atoms with Crippen molar-refractivity contribution in [1.29, 1.82) is 0 Å². The van der Waals surface area contributed by atoms with E-state index in [9.17, 15) is 14.7 Å². The normalized spacial score (nSPS) is 16.7. The van der Waals surface area contributed by atoms with Gasteiger partial charge in [-0.15, -0.1) is 0 Å². The van der Waals surface area contributed by atoms with E-state index >= 15 is 0 Å². The molecule has 3 aliphatic rings. The number of rotatable bonds is 30. The summed E-state index contributed by atoms with van der Waals surface area (Å²) in [5, 5.41) is 10.0. The summed E-state index contributed by atoms with van der Waals surface area (Å²) in [6, 6.07) is 14.5. The molecule has 15 heteroatoms. The Balaban J connectivity index is 0.914. The third-order valence-corrected chi connectivity index (χ3v) is 10.5. The van der Waals surface area contributed by atoms with Crippen LogP contribution in [0.5, 0.6) is 0 Å². The van der Waals surface area contributed by atoms with Crippen molar-refractivity contribution in [1.82, 2.24) is 4.90 Å². The average Bonchev–Trinajstić information content (AvgIpc) is 4.11. The zero-order valence-electron chi connectivity index (χ0n) is 34.9. The summed E-state index contributed by atoms with van der Waals surface area (Å²) in [4.78, 5) is 32.1. The first-order valence-corrected chi connectivity index (χ1v) is 21.2. The molecule has 1 atom stereocenters. The molecule has 59 heavy (non-hydrogen) atoms. The maximum Gasteiger partial charge on any atom is 0.248 e. The summed E-state index contributed by atoms with van der Waals surface area (Å²) in [5.74, 6) is 0.521. The summed E-state index contributed by atoms with van der Waals surface area (Å²) in [6.45, 7) is 11.8. The molecule has 0 unspecified atom stereocenters. The van der Waals surface area contributed by atoms with Crippen LogP contribution in [0.3, 0.4) is 0 Å². The van der Waals surface area contributed by atoms with Crippen LogP contribution in [0.2, 0.25) is 0 Å². The second-order valence-corrected chi connectivity index (χ2v) is 14.8. The third kappa shape index (κ3) is 15.8. The van der Waals surface area contributed by atoms with Crippen LogP contribution >= 0.6 is 0 Å². The highest BCUT2D eigenvalue weighted by molar-refractivity contribution is 5.98. The molecule has 328 valence electrons. The Morgan fingerprint density at radius 2 is 1.25 bits per heavy atom. The molecule has 2 heterocycles. The maximum atomic E-state index is 13.0. The molecule has 0 aromatic heterocycles. The number of carbonyl (C=O) groups excluding carboxylic acids is 2. The predicted octanol–water partition coefficient (Wildman–Crippen LogP) is 3.04. The lowest BCUT2D eigenvalue weighted by atomic mass is 9.95. The van der Waals surface area contributed by atoms with Gasteiger partial charge in [-0.25, -0.2) is 0 Å². The molecule has 0 saturated heterocycles. The van der Waals surface area contributed by atoms with E-state index in [0.29, 0.717) is 131 Å². The largest absolute Gasteiger partial charge is 0.392 e. The SMILES string of the molecule is CC(=O)N1c2ccc(C3=CCN(C(=O)COCCOCCOCCOCCOCCOCCOCCOCCN)CC3)cc2N(Cc2ccccc2CO)C[C@@H]1C1CC1. The monoisotopic (exact) mass is 826 g/mol. The van der Waals surface area contributed by atoms with Crippen LogP contribution < -0.4 is 15.5 Å². The number of aliphatic hydroxyl groups is 1. The summed E-state index contributed by atoms with van der Waals surface area (Å²) >= 11 is 0. The van der Waals surface area contributed by atoms with Gasteiger partial charge in [-0.1, -0.05) is 36.4 Å². The summed E-state index contributed by atoms with van der Waals surface area (Å²) in [7, 11) is 0. The number of ether oxygens (including phenoxy) is 8. The number of anilines is 2. The van der Waals surface area contributed by atoms with Crippen LogP contribution in [0, 0.1) is 5.92 Å². The molecule has 5 rings (SSSR count). The highest BCUT2D eigenvalue weighted by Gasteiger charge is 2.42. The van der Waals surface area contributed by atoms with Gasteiger partial charge in [0.15, 0.2) is 0 Å². The van der Waals surface area contributed by atoms with Crippen LogP contribution in [0.25, 0.3) is 5.57 Å². The molecule has 1 fully saturated rings. The Labute approximate surface area is 349 Å². The van der Waals surface area contributed by atoms with Crippen molar-refractivity contribution in [3.05, 3.63) is 65.2 Å². The lowest BCUT2D eigenvalue weighted by Gasteiger charge is -2.44. The summed E-state index contributed by atoms with van der Waals surface area (Å²) in [5.41, 5.74) is 11.6. The number of amides is 2. The molecular weight excluding hydrogens is 761 g/mol.